The van der Waals surface area contributed by atoms with E-state index in [1.165, 1.54) is 42.7 Å². The van der Waals surface area contributed by atoms with E-state index in [0.717, 1.165) is 0 Å². The molecule has 0 heterocycles. The minimum absolute atomic E-state index is 0. The molecule has 0 aliphatic rings. The third-order valence-electron chi connectivity index (χ3n) is 1.15. The third kappa shape index (κ3) is 25.3. The van der Waals surface area contributed by atoms with Gasteiger partial charge in [-0.15, -0.1) is 0 Å². The van der Waals surface area contributed by atoms with Gasteiger partial charge in [0.25, 0.3) is 0 Å². The Morgan fingerprint density at radius 2 is 0.667 bits per heavy atom. The van der Waals surface area contributed by atoms with E-state index in [1.54, 1.807) is 14.1 Å². The number of hydrogen-bond acceptors (Lipinski definition) is 6. The Kier molecular flexibility index (Phi) is 39.0. The van der Waals surface area contributed by atoms with Gasteiger partial charge in [-0.05, 0) is 0 Å². The maximum atomic E-state index is 4.60. The summed E-state index contributed by atoms with van der Waals surface area (Å²) >= 11 is 0. The van der Waals surface area contributed by atoms with Gasteiger partial charge in [0.15, 0.2) is 0 Å². The van der Waals surface area contributed by atoms with E-state index in [4.69, 9.17) is 0 Å². The first-order valence-corrected chi connectivity index (χ1v) is 4.76. The van der Waals surface area contributed by atoms with Crippen molar-refractivity contribution in [2.24, 2.45) is 0 Å². The van der Waals surface area contributed by atoms with E-state index in [0.29, 0.717) is 0 Å². The second-order valence-corrected chi connectivity index (χ2v) is 2.44. The van der Waals surface area contributed by atoms with Gasteiger partial charge >= 0.3 is 33.5 Å². The third-order valence-corrected chi connectivity index (χ3v) is 1.15. The molecular weight excluding hydrogens is 235 g/mol. The number of hydrogen-bond donors (Lipinski definition) is 0. The van der Waals surface area contributed by atoms with E-state index in [9.17, 15) is 0 Å². The molecule has 0 fully saturated rings. The average Bonchev–Trinajstić information content (AvgIpc) is 2.35. The first-order valence-electron chi connectivity index (χ1n) is 4.76. The monoisotopic (exact) mass is 259 g/mol. The topological polar surface area (TPSA) is 69.5 Å². The van der Waals surface area contributed by atoms with Crippen molar-refractivity contribution in [3.05, 3.63) is 5.32 Å². The van der Waals surface area contributed by atoms with Crippen LogP contribution in [0.5, 0.6) is 0 Å². The standard InChI is InChI=1S/2C3H9BO3.C2H6N.Li/c2*1-5-4(6-2)7-3;1-3-2;/h2*1-3H3;1-2H3;/q;;-1;+1. The zero-order chi connectivity index (χ0) is 14.1. The Balaban J connectivity index is -0.0000000857. The molecular formula is C8H24B2LiNO6. The first-order chi connectivity index (χ1) is 8.11. The molecule has 0 rings (SSSR count). The summed E-state index contributed by atoms with van der Waals surface area (Å²) in [5, 5.41) is 3.50. The molecule has 18 heavy (non-hydrogen) atoms. The van der Waals surface area contributed by atoms with Crippen LogP contribution in [-0.4, -0.2) is 71.4 Å². The van der Waals surface area contributed by atoms with Crippen LogP contribution in [0.2, 0.25) is 0 Å². The molecule has 0 radical (unpaired) electrons. The molecule has 0 aromatic rings. The number of rotatable bonds is 6. The Morgan fingerprint density at radius 3 is 0.667 bits per heavy atom. The second kappa shape index (κ2) is 26.1. The van der Waals surface area contributed by atoms with Crippen LogP contribution in [0.25, 0.3) is 5.32 Å². The molecule has 0 atom stereocenters. The van der Waals surface area contributed by atoms with Gasteiger partial charge in [-0.25, -0.2) is 0 Å². The molecule has 0 unspecified atom stereocenters. The van der Waals surface area contributed by atoms with Gasteiger partial charge in [0, 0.05) is 42.7 Å². The molecule has 0 aromatic heterocycles. The Hall–Kier alpha value is 0.447. The summed E-state index contributed by atoms with van der Waals surface area (Å²) in [6.45, 7) is 0. The molecule has 0 saturated carbocycles. The predicted molar refractivity (Wildman–Crippen MR) is 68.8 cm³/mol. The van der Waals surface area contributed by atoms with Gasteiger partial charge in [-0.2, -0.15) is 14.1 Å². The molecule has 0 amide bonds. The molecule has 0 spiro atoms. The summed E-state index contributed by atoms with van der Waals surface area (Å²) in [6, 6.07) is 0. The van der Waals surface area contributed by atoms with E-state index in [-0.39, 0.29) is 18.9 Å². The van der Waals surface area contributed by atoms with Gasteiger partial charge in [0.2, 0.25) is 0 Å². The quantitative estimate of drug-likeness (QED) is 0.489. The zero-order valence-electron chi connectivity index (χ0n) is 13.1. The molecule has 104 valence electrons. The van der Waals surface area contributed by atoms with Crippen molar-refractivity contribution in [3.8, 4) is 0 Å². The van der Waals surface area contributed by atoms with Crippen molar-refractivity contribution in [3.63, 3.8) is 0 Å². The van der Waals surface area contributed by atoms with Crippen molar-refractivity contribution in [2.45, 2.75) is 0 Å². The summed E-state index contributed by atoms with van der Waals surface area (Å²) in [5.41, 5.74) is 0. The van der Waals surface area contributed by atoms with Crippen LogP contribution in [0, 0.1) is 0 Å². The maximum Gasteiger partial charge on any atom is 1.00 e. The minimum Gasteiger partial charge on any atom is -0.668 e. The Bertz CT molecular complexity index is 98.7. The van der Waals surface area contributed by atoms with E-state index >= 15 is 0 Å². The van der Waals surface area contributed by atoms with Gasteiger partial charge in [-0.3, -0.25) is 0 Å². The fourth-order valence-electron chi connectivity index (χ4n) is 0.577. The summed E-state index contributed by atoms with van der Waals surface area (Å²) in [5.74, 6) is 0. The summed E-state index contributed by atoms with van der Waals surface area (Å²) in [4.78, 5) is 0. The average molecular weight is 259 g/mol. The number of nitrogens with zero attached hydrogens (tertiary/aromatic N) is 1. The zero-order valence-corrected chi connectivity index (χ0v) is 13.1. The van der Waals surface area contributed by atoms with Crippen molar-refractivity contribution in [1.29, 1.82) is 0 Å². The predicted octanol–water partition coefficient (Wildman–Crippen LogP) is -2.56. The van der Waals surface area contributed by atoms with Crippen molar-refractivity contribution in [1.82, 2.24) is 0 Å². The molecule has 0 N–H and O–H groups in total. The summed E-state index contributed by atoms with van der Waals surface area (Å²) < 4.78 is 27.6. The SMILES string of the molecule is COB(OC)OC.COB(OC)OC.C[N-]C.[Li+]. The van der Waals surface area contributed by atoms with E-state index < -0.39 is 14.6 Å². The summed E-state index contributed by atoms with van der Waals surface area (Å²) in [7, 11) is 11.5. The molecule has 7 nitrogen and oxygen atoms in total. The first kappa shape index (κ1) is 26.9. The molecule has 10 heteroatoms. The molecule has 0 aliphatic carbocycles. The van der Waals surface area contributed by atoms with Crippen molar-refractivity contribution in [2.75, 3.05) is 56.8 Å². The normalized spacial score (nSPS) is 8.00. The van der Waals surface area contributed by atoms with Crippen molar-refractivity contribution < 1.29 is 46.8 Å². The van der Waals surface area contributed by atoms with Gasteiger partial charge in [-0.1, -0.05) is 0 Å². The van der Waals surface area contributed by atoms with Crippen LogP contribution < -0.4 is 18.9 Å². The van der Waals surface area contributed by atoms with Crippen LogP contribution in [0.15, 0.2) is 0 Å². The fraction of sp³-hybridized carbons (Fsp3) is 1.00. The van der Waals surface area contributed by atoms with Gasteiger partial charge in [0.05, 0.1) is 0 Å². The van der Waals surface area contributed by atoms with Crippen molar-refractivity contribution >= 4 is 14.6 Å². The smallest absolute Gasteiger partial charge is 0.668 e. The molecule has 0 aromatic carbocycles. The van der Waals surface area contributed by atoms with Crippen LogP contribution in [0.1, 0.15) is 0 Å². The maximum absolute atomic E-state index is 4.60. The minimum atomic E-state index is -0.514. The summed E-state index contributed by atoms with van der Waals surface area (Å²) in [6.07, 6.45) is 0. The van der Waals surface area contributed by atoms with E-state index in [2.05, 4.69) is 33.2 Å². The Morgan fingerprint density at radius 1 is 0.556 bits per heavy atom. The largest absolute Gasteiger partial charge is 1.00 e. The second-order valence-electron chi connectivity index (χ2n) is 2.44. The van der Waals surface area contributed by atoms with Gasteiger partial charge in [0.1, 0.15) is 0 Å². The fourth-order valence-corrected chi connectivity index (χ4v) is 0.577. The Labute approximate surface area is 124 Å². The van der Waals surface area contributed by atoms with Crippen LogP contribution in [-0.2, 0) is 27.9 Å². The van der Waals surface area contributed by atoms with Gasteiger partial charge < -0.3 is 33.2 Å². The van der Waals surface area contributed by atoms with Crippen LogP contribution >= 0.6 is 0 Å². The van der Waals surface area contributed by atoms with Crippen LogP contribution in [0.3, 0.4) is 0 Å². The molecule has 0 aliphatic heterocycles. The van der Waals surface area contributed by atoms with Crippen LogP contribution in [0.4, 0.5) is 0 Å². The van der Waals surface area contributed by atoms with E-state index in [1.807, 2.05) is 0 Å². The molecule has 0 bridgehead atoms. The molecule has 0 saturated heterocycles.